The summed E-state index contributed by atoms with van der Waals surface area (Å²) in [5.74, 6) is 1.72. The van der Waals surface area contributed by atoms with Crippen LogP contribution in [-0.4, -0.2) is 38.9 Å². The number of nitrogens with one attached hydrogen (secondary N) is 2. The first-order valence-electron chi connectivity index (χ1n) is 8.96. The fourth-order valence-electron chi connectivity index (χ4n) is 3.77. The molecule has 1 heterocycles. The molecule has 0 spiro atoms. The van der Waals surface area contributed by atoms with Gasteiger partial charge >= 0.3 is 6.03 Å². The molecule has 0 bridgehead atoms. The average Bonchev–Trinajstić information content (AvgIpc) is 3.14. The third-order valence-electron chi connectivity index (χ3n) is 5.33. The van der Waals surface area contributed by atoms with Gasteiger partial charge in [-0.25, -0.2) is 4.79 Å². The van der Waals surface area contributed by atoms with E-state index in [1.807, 2.05) is 6.07 Å². The predicted molar refractivity (Wildman–Crippen MR) is 93.6 cm³/mol. The zero-order chi connectivity index (χ0) is 16.9. The summed E-state index contributed by atoms with van der Waals surface area (Å²) in [6, 6.07) is 6.37. The van der Waals surface area contributed by atoms with Crippen molar-refractivity contribution in [1.82, 2.24) is 10.6 Å². The number of amides is 2. The van der Waals surface area contributed by atoms with Gasteiger partial charge in [0.2, 0.25) is 0 Å². The fourth-order valence-corrected chi connectivity index (χ4v) is 3.77. The number of carbonyl (C=O) groups is 1. The molecule has 2 amide bonds. The Balaban J connectivity index is 1.52. The van der Waals surface area contributed by atoms with Crippen molar-refractivity contribution in [1.29, 1.82) is 0 Å². The highest BCUT2D eigenvalue weighted by Gasteiger charge is 2.25. The second-order valence-electron chi connectivity index (χ2n) is 6.92. The first kappa shape index (κ1) is 17.1. The van der Waals surface area contributed by atoms with Crippen LogP contribution in [0, 0.1) is 5.92 Å². The number of aryl methyl sites for hydroxylation is 1. The van der Waals surface area contributed by atoms with Gasteiger partial charge in [0.1, 0.15) is 5.75 Å². The molecule has 3 rings (SSSR count). The zero-order valence-electron chi connectivity index (χ0n) is 14.6. The number of benzene rings is 1. The molecule has 1 aromatic carbocycles. The predicted octanol–water partition coefficient (Wildman–Crippen LogP) is 2.84. The van der Waals surface area contributed by atoms with Gasteiger partial charge in [-0.3, -0.25) is 0 Å². The lowest BCUT2D eigenvalue weighted by Gasteiger charge is -2.27. The van der Waals surface area contributed by atoms with E-state index < -0.39 is 0 Å². The van der Waals surface area contributed by atoms with Gasteiger partial charge in [-0.1, -0.05) is 6.07 Å². The summed E-state index contributed by atoms with van der Waals surface area (Å²) in [6.07, 6.45) is 4.39. The van der Waals surface area contributed by atoms with Crippen LogP contribution in [0.2, 0.25) is 0 Å². The highest BCUT2D eigenvalue weighted by Crippen LogP contribution is 2.33. The smallest absolute Gasteiger partial charge is 0.315 e. The molecular formula is C19H28N2O3. The van der Waals surface area contributed by atoms with E-state index in [2.05, 4.69) is 29.7 Å². The number of carbonyl (C=O) groups excluding carboxylic acids is 1. The molecule has 0 saturated carbocycles. The lowest BCUT2D eigenvalue weighted by Crippen LogP contribution is -2.45. The number of hydrogen-bond acceptors (Lipinski definition) is 3. The molecule has 1 aliphatic carbocycles. The van der Waals surface area contributed by atoms with E-state index in [0.29, 0.717) is 18.4 Å². The molecule has 132 valence electrons. The molecule has 1 aromatic rings. The van der Waals surface area contributed by atoms with E-state index in [0.717, 1.165) is 44.6 Å². The van der Waals surface area contributed by atoms with Gasteiger partial charge < -0.3 is 20.1 Å². The molecule has 1 saturated heterocycles. The van der Waals surface area contributed by atoms with Crippen molar-refractivity contribution in [3.05, 3.63) is 29.3 Å². The van der Waals surface area contributed by atoms with Gasteiger partial charge in [0, 0.05) is 31.0 Å². The standard InChI is InChI=1S/C19H28N2O3/c1-13(16-8-9-24-12-16)21-19(22)20-11-15-5-3-4-14-10-17(23-2)6-7-18(14)15/h6-7,10,13,15-16H,3-5,8-9,11-12H2,1-2H3,(H2,20,21,22)/t13-,15+,16-/m0/s1. The molecule has 0 unspecified atom stereocenters. The summed E-state index contributed by atoms with van der Waals surface area (Å²) in [5, 5.41) is 6.11. The van der Waals surface area contributed by atoms with Crippen LogP contribution >= 0.6 is 0 Å². The van der Waals surface area contributed by atoms with Gasteiger partial charge in [0.15, 0.2) is 0 Å². The zero-order valence-corrected chi connectivity index (χ0v) is 14.6. The summed E-state index contributed by atoms with van der Waals surface area (Å²) in [7, 11) is 1.70. The SMILES string of the molecule is COc1ccc2c(c1)CCC[C@@H]2CNC(=O)N[C@@H](C)[C@H]1CCOC1. The van der Waals surface area contributed by atoms with E-state index in [1.54, 1.807) is 7.11 Å². The fraction of sp³-hybridized carbons (Fsp3) is 0.632. The lowest BCUT2D eigenvalue weighted by molar-refractivity contribution is 0.178. The Hall–Kier alpha value is -1.75. The van der Waals surface area contributed by atoms with Gasteiger partial charge in [-0.15, -0.1) is 0 Å². The number of ether oxygens (including phenoxy) is 2. The number of hydrogen-bond donors (Lipinski definition) is 2. The molecule has 3 atom stereocenters. The second kappa shape index (κ2) is 7.88. The maximum Gasteiger partial charge on any atom is 0.315 e. The molecule has 0 aromatic heterocycles. The van der Waals surface area contributed by atoms with Gasteiger partial charge in [-0.2, -0.15) is 0 Å². The molecule has 5 nitrogen and oxygen atoms in total. The van der Waals surface area contributed by atoms with Crippen LogP contribution in [0.15, 0.2) is 18.2 Å². The Bertz CT molecular complexity index is 570. The monoisotopic (exact) mass is 332 g/mol. The maximum absolute atomic E-state index is 12.2. The van der Waals surface area contributed by atoms with Crippen molar-refractivity contribution in [2.24, 2.45) is 5.92 Å². The van der Waals surface area contributed by atoms with Crippen LogP contribution in [0.4, 0.5) is 4.79 Å². The summed E-state index contributed by atoms with van der Waals surface area (Å²) in [4.78, 5) is 12.2. The Morgan fingerprint density at radius 2 is 2.29 bits per heavy atom. The Morgan fingerprint density at radius 3 is 3.04 bits per heavy atom. The normalized spacial score (nSPS) is 24.1. The van der Waals surface area contributed by atoms with Crippen molar-refractivity contribution < 1.29 is 14.3 Å². The van der Waals surface area contributed by atoms with Crippen molar-refractivity contribution in [2.45, 2.75) is 44.6 Å². The molecule has 1 fully saturated rings. The summed E-state index contributed by atoms with van der Waals surface area (Å²) in [6.45, 7) is 4.29. The van der Waals surface area contributed by atoms with Crippen LogP contribution < -0.4 is 15.4 Å². The van der Waals surface area contributed by atoms with Crippen LogP contribution in [-0.2, 0) is 11.2 Å². The summed E-state index contributed by atoms with van der Waals surface area (Å²) < 4.78 is 10.7. The maximum atomic E-state index is 12.2. The van der Waals surface area contributed by atoms with E-state index in [9.17, 15) is 4.79 Å². The van der Waals surface area contributed by atoms with Crippen LogP contribution in [0.3, 0.4) is 0 Å². The molecule has 5 heteroatoms. The first-order chi connectivity index (χ1) is 11.7. The molecule has 2 N–H and O–H groups in total. The van der Waals surface area contributed by atoms with E-state index >= 15 is 0 Å². The van der Waals surface area contributed by atoms with Crippen LogP contribution in [0.1, 0.15) is 43.2 Å². The average molecular weight is 332 g/mol. The highest BCUT2D eigenvalue weighted by atomic mass is 16.5. The van der Waals surface area contributed by atoms with Crippen molar-refractivity contribution >= 4 is 6.03 Å². The Morgan fingerprint density at radius 1 is 1.42 bits per heavy atom. The largest absolute Gasteiger partial charge is 0.497 e. The Labute approximate surface area is 144 Å². The molecular weight excluding hydrogens is 304 g/mol. The van der Waals surface area contributed by atoms with Crippen LogP contribution in [0.5, 0.6) is 5.75 Å². The third kappa shape index (κ3) is 4.01. The Kier molecular flexibility index (Phi) is 5.61. The summed E-state index contributed by atoms with van der Waals surface area (Å²) >= 11 is 0. The minimum atomic E-state index is -0.0740. The first-order valence-corrected chi connectivity index (χ1v) is 8.96. The number of urea groups is 1. The van der Waals surface area contributed by atoms with Crippen molar-refractivity contribution in [2.75, 3.05) is 26.9 Å². The topological polar surface area (TPSA) is 59.6 Å². The minimum Gasteiger partial charge on any atom is -0.497 e. The molecule has 2 aliphatic rings. The number of methoxy groups -OCH3 is 1. The van der Waals surface area contributed by atoms with Crippen molar-refractivity contribution in [3.63, 3.8) is 0 Å². The highest BCUT2D eigenvalue weighted by molar-refractivity contribution is 5.74. The van der Waals surface area contributed by atoms with Crippen molar-refractivity contribution in [3.8, 4) is 5.75 Å². The molecule has 0 radical (unpaired) electrons. The molecule has 24 heavy (non-hydrogen) atoms. The van der Waals surface area contributed by atoms with Gasteiger partial charge in [0.25, 0.3) is 0 Å². The molecule has 1 aliphatic heterocycles. The minimum absolute atomic E-state index is 0.0740. The quantitative estimate of drug-likeness (QED) is 0.872. The van der Waals surface area contributed by atoms with E-state index in [4.69, 9.17) is 9.47 Å². The van der Waals surface area contributed by atoms with Gasteiger partial charge in [-0.05, 0) is 55.9 Å². The number of fused-ring (bicyclic) bond motifs is 1. The number of rotatable bonds is 5. The third-order valence-corrected chi connectivity index (χ3v) is 5.33. The second-order valence-corrected chi connectivity index (χ2v) is 6.92. The summed E-state index contributed by atoms with van der Waals surface area (Å²) in [5.41, 5.74) is 2.70. The van der Waals surface area contributed by atoms with E-state index in [-0.39, 0.29) is 12.1 Å². The van der Waals surface area contributed by atoms with E-state index in [1.165, 1.54) is 11.1 Å². The van der Waals surface area contributed by atoms with Gasteiger partial charge in [0.05, 0.1) is 13.7 Å². The lowest BCUT2D eigenvalue weighted by atomic mass is 9.82. The van der Waals surface area contributed by atoms with Crippen LogP contribution in [0.25, 0.3) is 0 Å².